The number of ether oxygens (including phenoxy) is 1. The Labute approximate surface area is 113 Å². The van der Waals surface area contributed by atoms with Crippen molar-refractivity contribution in [3.05, 3.63) is 48.0 Å². The first kappa shape index (κ1) is 13.5. The predicted molar refractivity (Wildman–Crippen MR) is 77.8 cm³/mol. The standard InChI is InChI=1S/C14H16NO3P/c1-10-8-9-12(15)14(13(10)17-2)19(16)18-11-6-4-3-5-7-11/h3-9,19H,15H2,1-2H3. The van der Waals surface area contributed by atoms with Gasteiger partial charge in [-0.15, -0.1) is 0 Å². The van der Waals surface area contributed by atoms with E-state index >= 15 is 0 Å². The molecule has 0 saturated heterocycles. The SMILES string of the molecule is COc1c(C)ccc(N)c1[PH](=O)Oc1ccccc1. The summed E-state index contributed by atoms with van der Waals surface area (Å²) in [4.78, 5) is 0. The number of nitrogen functional groups attached to an aromatic ring is 1. The number of aryl methyl sites for hydroxylation is 1. The van der Waals surface area contributed by atoms with Gasteiger partial charge in [0.15, 0.2) is 0 Å². The topological polar surface area (TPSA) is 61.5 Å². The molecule has 0 fully saturated rings. The van der Waals surface area contributed by atoms with E-state index in [1.165, 1.54) is 7.11 Å². The average Bonchev–Trinajstić information content (AvgIpc) is 2.42. The van der Waals surface area contributed by atoms with E-state index in [4.69, 9.17) is 15.0 Å². The molecule has 0 spiro atoms. The number of anilines is 1. The van der Waals surface area contributed by atoms with Gasteiger partial charge in [0.25, 0.3) is 8.03 Å². The van der Waals surface area contributed by atoms with Crippen LogP contribution in [0.5, 0.6) is 11.5 Å². The molecule has 0 aromatic heterocycles. The van der Waals surface area contributed by atoms with Gasteiger partial charge in [0.05, 0.1) is 7.11 Å². The largest absolute Gasteiger partial charge is 0.495 e. The minimum atomic E-state index is -2.51. The van der Waals surface area contributed by atoms with Crippen LogP contribution in [-0.2, 0) is 4.57 Å². The van der Waals surface area contributed by atoms with Gasteiger partial charge in [-0.05, 0) is 30.7 Å². The van der Waals surface area contributed by atoms with Gasteiger partial charge in [-0.1, -0.05) is 24.3 Å². The zero-order valence-corrected chi connectivity index (χ0v) is 11.8. The summed E-state index contributed by atoms with van der Waals surface area (Å²) >= 11 is 0. The molecular formula is C14H16NO3P. The normalized spacial score (nSPS) is 11.9. The van der Waals surface area contributed by atoms with Crippen LogP contribution in [0.2, 0.25) is 0 Å². The van der Waals surface area contributed by atoms with Crippen molar-refractivity contribution in [3.63, 3.8) is 0 Å². The third-order valence-corrected chi connectivity index (χ3v) is 4.09. The molecule has 4 nitrogen and oxygen atoms in total. The number of benzene rings is 2. The van der Waals surface area contributed by atoms with Crippen LogP contribution in [0.4, 0.5) is 5.69 Å². The molecule has 1 atom stereocenters. The third-order valence-electron chi connectivity index (χ3n) is 2.75. The van der Waals surface area contributed by atoms with Crippen LogP contribution >= 0.6 is 8.03 Å². The summed E-state index contributed by atoms with van der Waals surface area (Å²) in [5, 5.41) is 0.441. The summed E-state index contributed by atoms with van der Waals surface area (Å²) in [5.74, 6) is 1.08. The fourth-order valence-corrected chi connectivity index (χ4v) is 3.08. The van der Waals surface area contributed by atoms with E-state index in [1.54, 1.807) is 18.2 Å². The van der Waals surface area contributed by atoms with Crippen molar-refractivity contribution in [3.8, 4) is 11.5 Å². The zero-order valence-electron chi connectivity index (χ0n) is 10.8. The molecule has 2 N–H and O–H groups in total. The maximum Gasteiger partial charge on any atom is 0.271 e. The first-order valence-corrected chi connectivity index (χ1v) is 7.15. The van der Waals surface area contributed by atoms with Gasteiger partial charge in [-0.2, -0.15) is 0 Å². The van der Waals surface area contributed by atoms with Gasteiger partial charge in [-0.25, -0.2) is 0 Å². The van der Waals surface area contributed by atoms with Crippen molar-refractivity contribution in [2.24, 2.45) is 0 Å². The molecule has 2 aromatic carbocycles. The molecule has 0 aliphatic carbocycles. The summed E-state index contributed by atoms with van der Waals surface area (Å²) in [6.45, 7) is 1.87. The molecule has 2 rings (SSSR count). The molecular weight excluding hydrogens is 261 g/mol. The molecule has 0 aliphatic rings. The Hall–Kier alpha value is -1.93. The van der Waals surface area contributed by atoms with Crippen LogP contribution in [0, 0.1) is 6.92 Å². The van der Waals surface area contributed by atoms with Crippen molar-refractivity contribution in [2.45, 2.75) is 6.92 Å². The Morgan fingerprint density at radius 1 is 1.11 bits per heavy atom. The van der Waals surface area contributed by atoms with Crippen LogP contribution in [0.1, 0.15) is 5.56 Å². The predicted octanol–water partition coefficient (Wildman–Crippen LogP) is 2.76. The lowest BCUT2D eigenvalue weighted by molar-refractivity contribution is 0.414. The van der Waals surface area contributed by atoms with Gasteiger partial charge >= 0.3 is 0 Å². The average molecular weight is 277 g/mol. The van der Waals surface area contributed by atoms with E-state index < -0.39 is 8.03 Å². The number of methoxy groups -OCH3 is 1. The maximum absolute atomic E-state index is 12.4. The molecule has 0 aliphatic heterocycles. The highest BCUT2D eigenvalue weighted by molar-refractivity contribution is 7.49. The molecule has 0 heterocycles. The zero-order chi connectivity index (χ0) is 13.8. The highest BCUT2D eigenvalue weighted by atomic mass is 31.1. The summed E-state index contributed by atoms with van der Waals surface area (Å²) in [6, 6.07) is 12.6. The van der Waals surface area contributed by atoms with Crippen LogP contribution in [0.3, 0.4) is 0 Å². The molecule has 5 heteroatoms. The van der Waals surface area contributed by atoms with Gasteiger partial charge in [0.2, 0.25) is 0 Å². The summed E-state index contributed by atoms with van der Waals surface area (Å²) < 4.78 is 23.1. The Bertz CT molecular complexity index is 599. The molecule has 100 valence electrons. The Morgan fingerprint density at radius 3 is 2.42 bits per heavy atom. The first-order valence-electron chi connectivity index (χ1n) is 5.83. The highest BCUT2D eigenvalue weighted by Gasteiger charge is 2.17. The van der Waals surface area contributed by atoms with Gasteiger partial charge in [0.1, 0.15) is 16.8 Å². The summed E-state index contributed by atoms with van der Waals surface area (Å²) in [7, 11) is -0.983. The molecule has 0 radical (unpaired) electrons. The fourth-order valence-electron chi connectivity index (χ4n) is 1.82. The van der Waals surface area contributed by atoms with Crippen LogP contribution < -0.4 is 20.3 Å². The molecule has 1 unspecified atom stereocenters. The Balaban J connectivity index is 2.36. The number of rotatable bonds is 4. The van der Waals surface area contributed by atoms with Gasteiger partial charge < -0.3 is 15.0 Å². The van der Waals surface area contributed by atoms with Gasteiger partial charge in [0, 0.05) is 5.69 Å². The highest BCUT2D eigenvalue weighted by Crippen LogP contribution is 2.34. The van der Waals surface area contributed by atoms with Crippen molar-refractivity contribution in [1.29, 1.82) is 0 Å². The second kappa shape index (κ2) is 5.81. The number of para-hydroxylation sites is 1. The minimum Gasteiger partial charge on any atom is -0.495 e. The third kappa shape index (κ3) is 2.91. The van der Waals surface area contributed by atoms with E-state index in [-0.39, 0.29) is 0 Å². The summed E-state index contributed by atoms with van der Waals surface area (Å²) in [5.41, 5.74) is 7.18. The van der Waals surface area contributed by atoms with E-state index in [0.29, 0.717) is 22.5 Å². The lowest BCUT2D eigenvalue weighted by Crippen LogP contribution is -2.12. The molecule has 19 heavy (non-hydrogen) atoms. The minimum absolute atomic E-state index is 0.419. The van der Waals surface area contributed by atoms with Crippen molar-refractivity contribution >= 4 is 19.0 Å². The van der Waals surface area contributed by atoms with Crippen molar-refractivity contribution in [2.75, 3.05) is 12.8 Å². The Morgan fingerprint density at radius 2 is 1.79 bits per heavy atom. The van der Waals surface area contributed by atoms with E-state index in [2.05, 4.69) is 0 Å². The summed E-state index contributed by atoms with van der Waals surface area (Å²) in [6.07, 6.45) is 0. The van der Waals surface area contributed by atoms with Gasteiger partial charge in [-0.3, -0.25) is 4.57 Å². The van der Waals surface area contributed by atoms with Crippen molar-refractivity contribution < 1.29 is 13.8 Å². The quantitative estimate of drug-likeness (QED) is 0.689. The second-order valence-electron chi connectivity index (χ2n) is 4.08. The smallest absolute Gasteiger partial charge is 0.271 e. The first-order chi connectivity index (χ1) is 9.13. The fraction of sp³-hybridized carbons (Fsp3) is 0.143. The maximum atomic E-state index is 12.4. The molecule has 0 saturated carbocycles. The lowest BCUT2D eigenvalue weighted by Gasteiger charge is -2.14. The number of hydrogen-bond donors (Lipinski definition) is 1. The monoisotopic (exact) mass is 277 g/mol. The van der Waals surface area contributed by atoms with E-state index in [1.807, 2.05) is 31.2 Å². The van der Waals surface area contributed by atoms with E-state index in [9.17, 15) is 4.57 Å². The second-order valence-corrected chi connectivity index (χ2v) is 5.36. The van der Waals surface area contributed by atoms with E-state index in [0.717, 1.165) is 5.56 Å². The van der Waals surface area contributed by atoms with Crippen LogP contribution in [-0.4, -0.2) is 7.11 Å². The number of hydrogen-bond acceptors (Lipinski definition) is 4. The number of nitrogens with two attached hydrogens (primary N) is 1. The van der Waals surface area contributed by atoms with Crippen LogP contribution in [0.15, 0.2) is 42.5 Å². The molecule has 2 aromatic rings. The molecule has 0 amide bonds. The van der Waals surface area contributed by atoms with Crippen molar-refractivity contribution in [1.82, 2.24) is 0 Å². The molecule has 0 bridgehead atoms. The van der Waals surface area contributed by atoms with Crippen LogP contribution in [0.25, 0.3) is 0 Å². The lowest BCUT2D eigenvalue weighted by atomic mass is 10.2. The Kier molecular flexibility index (Phi) is 4.13.